The quantitative estimate of drug-likeness (QED) is 0.363. The minimum absolute atomic E-state index is 0.309. The molecular weight excluding hydrogens is 434 g/mol. The molecule has 0 bridgehead atoms. The largest absolute Gasteiger partial charge is 0.439 e. The number of nitrogens with zero attached hydrogens (tertiary/aromatic N) is 2. The molecule has 0 aliphatic heterocycles. The van der Waals surface area contributed by atoms with Crippen molar-refractivity contribution < 1.29 is 9.53 Å². The van der Waals surface area contributed by atoms with Crippen molar-refractivity contribution in [3.63, 3.8) is 0 Å². The maximum atomic E-state index is 11.2. The monoisotopic (exact) mass is 463 g/mol. The fourth-order valence-corrected chi connectivity index (χ4v) is 4.99. The summed E-state index contributed by atoms with van der Waals surface area (Å²) in [7, 11) is 2.23. The number of ether oxygens (including phenoxy) is 1. The number of benzene rings is 3. The Kier molecular flexibility index (Phi) is 6.59. The number of aryl methyl sites for hydroxylation is 1. The molecule has 35 heavy (non-hydrogen) atoms. The molecule has 1 aliphatic carbocycles. The van der Waals surface area contributed by atoms with Gasteiger partial charge in [-0.3, -0.25) is 9.69 Å². The van der Waals surface area contributed by atoms with Crippen LogP contribution in [0.3, 0.4) is 0 Å². The third kappa shape index (κ3) is 5.10. The average Bonchev–Trinajstić information content (AvgIpc) is 3.32. The fraction of sp³-hybridized carbons (Fsp3) is 0.200. The van der Waals surface area contributed by atoms with E-state index in [9.17, 15) is 4.79 Å². The molecule has 176 valence electrons. The minimum Gasteiger partial charge on any atom is -0.439 e. The first kappa shape index (κ1) is 22.8. The van der Waals surface area contributed by atoms with Gasteiger partial charge in [0.05, 0.1) is 5.56 Å². The molecule has 1 aliphatic rings. The second-order valence-corrected chi connectivity index (χ2v) is 9.08. The number of primary amides is 1. The molecule has 5 rings (SSSR count). The van der Waals surface area contributed by atoms with Crippen LogP contribution >= 0.6 is 0 Å². The minimum atomic E-state index is -0.501. The first-order chi connectivity index (χ1) is 17.1. The van der Waals surface area contributed by atoms with Crippen LogP contribution in [-0.4, -0.2) is 29.4 Å². The van der Waals surface area contributed by atoms with Crippen LogP contribution in [0.4, 0.5) is 0 Å². The van der Waals surface area contributed by atoms with Crippen LogP contribution in [0.1, 0.15) is 51.0 Å². The lowest BCUT2D eigenvalue weighted by Crippen LogP contribution is -2.28. The highest BCUT2D eigenvalue weighted by molar-refractivity contribution is 5.92. The van der Waals surface area contributed by atoms with E-state index in [4.69, 9.17) is 10.5 Å². The summed E-state index contributed by atoms with van der Waals surface area (Å²) in [6, 6.07) is 31.5. The van der Waals surface area contributed by atoms with Gasteiger partial charge in [0.25, 0.3) is 0 Å². The Balaban J connectivity index is 1.32. The molecule has 1 amide bonds. The van der Waals surface area contributed by atoms with E-state index in [1.165, 1.54) is 28.5 Å². The molecule has 3 aromatic carbocycles. The van der Waals surface area contributed by atoms with Crippen molar-refractivity contribution in [3.05, 3.63) is 125 Å². The summed E-state index contributed by atoms with van der Waals surface area (Å²) in [5.74, 6) is 0.995. The number of hydrogen-bond acceptors (Lipinski definition) is 4. The van der Waals surface area contributed by atoms with Gasteiger partial charge in [0.1, 0.15) is 5.75 Å². The third-order valence-electron chi connectivity index (χ3n) is 6.81. The van der Waals surface area contributed by atoms with Crippen LogP contribution in [0.15, 0.2) is 97.2 Å². The number of carbonyl (C=O) groups is 1. The maximum Gasteiger partial charge on any atom is 0.250 e. The number of rotatable bonds is 8. The van der Waals surface area contributed by atoms with Gasteiger partial charge in [0.2, 0.25) is 11.8 Å². The topological polar surface area (TPSA) is 68.5 Å². The predicted molar refractivity (Wildman–Crippen MR) is 138 cm³/mol. The van der Waals surface area contributed by atoms with Gasteiger partial charge in [-0.15, -0.1) is 0 Å². The summed E-state index contributed by atoms with van der Waals surface area (Å²) >= 11 is 0. The second-order valence-electron chi connectivity index (χ2n) is 9.08. The highest BCUT2D eigenvalue weighted by atomic mass is 16.5. The molecule has 0 saturated carbocycles. The lowest BCUT2D eigenvalue weighted by molar-refractivity contribution is 0.1000. The SMILES string of the molecule is CN(CC(c1ccccc1)c1ccccc1)C1CCc2cc(Oc3ccc(C(N)=O)cn3)ccc21. The van der Waals surface area contributed by atoms with Gasteiger partial charge in [-0.25, -0.2) is 4.98 Å². The van der Waals surface area contributed by atoms with E-state index in [0.29, 0.717) is 23.4 Å². The first-order valence-corrected chi connectivity index (χ1v) is 11.9. The molecule has 5 heteroatoms. The van der Waals surface area contributed by atoms with Crippen LogP contribution < -0.4 is 10.5 Å². The molecule has 5 nitrogen and oxygen atoms in total. The number of amides is 1. The average molecular weight is 464 g/mol. The van der Waals surface area contributed by atoms with Crippen molar-refractivity contribution in [2.75, 3.05) is 13.6 Å². The molecular formula is C30H29N3O2. The highest BCUT2D eigenvalue weighted by Gasteiger charge is 2.28. The molecule has 1 atom stereocenters. The summed E-state index contributed by atoms with van der Waals surface area (Å²) in [6.07, 6.45) is 3.53. The Morgan fingerprint density at radius 1 is 1.00 bits per heavy atom. The summed E-state index contributed by atoms with van der Waals surface area (Å²) in [4.78, 5) is 17.9. The first-order valence-electron chi connectivity index (χ1n) is 11.9. The molecule has 1 aromatic heterocycles. The summed E-state index contributed by atoms with van der Waals surface area (Å²) < 4.78 is 5.94. The van der Waals surface area contributed by atoms with Crippen molar-refractivity contribution in [2.24, 2.45) is 5.73 Å². The number of likely N-dealkylation sites (N-methyl/N-ethyl adjacent to an activating group) is 1. The molecule has 1 heterocycles. The van der Waals surface area contributed by atoms with Crippen LogP contribution in [0.25, 0.3) is 0 Å². The van der Waals surface area contributed by atoms with Crippen LogP contribution in [0, 0.1) is 0 Å². The zero-order valence-corrected chi connectivity index (χ0v) is 19.8. The number of carbonyl (C=O) groups excluding carboxylic acids is 1. The maximum absolute atomic E-state index is 11.2. The Labute approximate surface area is 206 Å². The van der Waals surface area contributed by atoms with Crippen LogP contribution in [0.2, 0.25) is 0 Å². The number of fused-ring (bicyclic) bond motifs is 1. The van der Waals surface area contributed by atoms with E-state index in [2.05, 4.69) is 89.7 Å². The number of nitrogens with two attached hydrogens (primary N) is 1. The zero-order chi connectivity index (χ0) is 24.2. The van der Waals surface area contributed by atoms with Crippen molar-refractivity contribution in [3.8, 4) is 11.6 Å². The van der Waals surface area contributed by atoms with E-state index in [1.807, 2.05) is 6.07 Å². The number of aromatic nitrogens is 1. The molecule has 1 unspecified atom stereocenters. The second kappa shape index (κ2) is 10.1. The lowest BCUT2D eigenvalue weighted by Gasteiger charge is -2.30. The molecule has 4 aromatic rings. The molecule has 0 fully saturated rings. The summed E-state index contributed by atoms with van der Waals surface area (Å²) in [5.41, 5.74) is 11.0. The number of pyridine rings is 1. The predicted octanol–water partition coefficient (Wildman–Crippen LogP) is 5.72. The van der Waals surface area contributed by atoms with E-state index >= 15 is 0 Å². The molecule has 0 radical (unpaired) electrons. The van der Waals surface area contributed by atoms with E-state index in [0.717, 1.165) is 25.1 Å². The van der Waals surface area contributed by atoms with Crippen molar-refractivity contribution >= 4 is 5.91 Å². The summed E-state index contributed by atoms with van der Waals surface area (Å²) in [5, 5.41) is 0. The van der Waals surface area contributed by atoms with Gasteiger partial charge in [-0.2, -0.15) is 0 Å². The van der Waals surface area contributed by atoms with Crippen LogP contribution in [-0.2, 0) is 6.42 Å². The van der Waals surface area contributed by atoms with Gasteiger partial charge < -0.3 is 10.5 Å². The lowest BCUT2D eigenvalue weighted by atomic mass is 9.90. The third-order valence-corrected chi connectivity index (χ3v) is 6.81. The van der Waals surface area contributed by atoms with Gasteiger partial charge >= 0.3 is 0 Å². The van der Waals surface area contributed by atoms with E-state index in [-0.39, 0.29) is 0 Å². The van der Waals surface area contributed by atoms with Gasteiger partial charge in [0.15, 0.2) is 0 Å². The Morgan fingerprint density at radius 3 is 2.29 bits per heavy atom. The molecule has 0 spiro atoms. The van der Waals surface area contributed by atoms with Crippen molar-refractivity contribution in [1.29, 1.82) is 0 Å². The van der Waals surface area contributed by atoms with Gasteiger partial charge in [-0.05, 0) is 60.3 Å². The van der Waals surface area contributed by atoms with Crippen LogP contribution in [0.5, 0.6) is 11.6 Å². The standard InChI is InChI=1S/C30H29N3O2/c1-33(20-27(21-8-4-2-5-9-21)22-10-6-3-7-11-22)28-16-12-23-18-25(14-15-26(23)28)35-29-17-13-24(19-32-29)30(31)34/h2-11,13-15,17-19,27-28H,12,16,20H2,1H3,(H2,31,34). The van der Waals surface area contributed by atoms with Crippen molar-refractivity contribution in [2.45, 2.75) is 24.8 Å². The molecule has 0 saturated heterocycles. The van der Waals surface area contributed by atoms with Crippen molar-refractivity contribution in [1.82, 2.24) is 9.88 Å². The van der Waals surface area contributed by atoms with Gasteiger partial charge in [-0.1, -0.05) is 66.7 Å². The highest BCUT2D eigenvalue weighted by Crippen LogP contribution is 2.39. The van der Waals surface area contributed by atoms with E-state index < -0.39 is 5.91 Å². The number of hydrogen-bond donors (Lipinski definition) is 1. The van der Waals surface area contributed by atoms with Gasteiger partial charge in [0, 0.05) is 30.8 Å². The smallest absolute Gasteiger partial charge is 0.250 e. The Morgan fingerprint density at radius 2 is 1.69 bits per heavy atom. The zero-order valence-electron chi connectivity index (χ0n) is 19.8. The molecule has 2 N–H and O–H groups in total. The van der Waals surface area contributed by atoms with E-state index in [1.54, 1.807) is 12.1 Å². The summed E-state index contributed by atoms with van der Waals surface area (Å²) in [6.45, 7) is 0.937. The fourth-order valence-electron chi connectivity index (χ4n) is 4.99. The Bertz CT molecular complexity index is 1250. The Hall–Kier alpha value is -3.96. The normalized spacial score (nSPS) is 14.8.